The number of carbonyl (C=O) groups is 2. The topological polar surface area (TPSA) is 134 Å². The number of esters is 2. The van der Waals surface area contributed by atoms with Gasteiger partial charge in [0.05, 0.1) is 31.8 Å². The van der Waals surface area contributed by atoms with Crippen molar-refractivity contribution in [3.8, 4) is 0 Å². The van der Waals surface area contributed by atoms with Gasteiger partial charge in [0.1, 0.15) is 13.2 Å². The normalized spacial score (nSPS) is 11.0. The molecule has 0 aliphatic carbocycles. The van der Waals surface area contributed by atoms with Gasteiger partial charge in [0, 0.05) is 17.6 Å². The minimum atomic E-state index is -0.822. The summed E-state index contributed by atoms with van der Waals surface area (Å²) in [5.41, 5.74) is -1.49. The van der Waals surface area contributed by atoms with Crippen LogP contribution in [0.25, 0.3) is 0 Å². The monoisotopic (exact) mass is 362 g/mol. The minimum absolute atomic E-state index is 0.0568. The van der Waals surface area contributed by atoms with Gasteiger partial charge in [0.2, 0.25) is 0 Å². The summed E-state index contributed by atoms with van der Waals surface area (Å²) in [7, 11) is 0. The summed E-state index contributed by atoms with van der Waals surface area (Å²) in [6, 6.07) is 0. The van der Waals surface area contributed by atoms with Crippen molar-refractivity contribution >= 4 is 11.9 Å². The van der Waals surface area contributed by atoms with Gasteiger partial charge in [0.15, 0.2) is 0 Å². The maximum absolute atomic E-state index is 10.8. The van der Waals surface area contributed by atoms with E-state index in [0.29, 0.717) is 6.42 Å². The molecule has 0 aromatic heterocycles. The second kappa shape index (κ2) is 13.5. The molecule has 4 N–H and O–H groups in total. The van der Waals surface area contributed by atoms with Crippen LogP contribution in [0.1, 0.15) is 20.3 Å². The summed E-state index contributed by atoms with van der Waals surface area (Å²) < 4.78 is 9.56. The number of hydrogen-bond acceptors (Lipinski definition) is 8. The molecule has 0 bridgehead atoms. The Morgan fingerprint density at radius 1 is 0.880 bits per heavy atom. The van der Waals surface area contributed by atoms with Crippen LogP contribution in [0, 0.1) is 10.8 Å². The van der Waals surface area contributed by atoms with Crippen LogP contribution < -0.4 is 0 Å². The van der Waals surface area contributed by atoms with E-state index in [4.69, 9.17) is 29.9 Å². The highest BCUT2D eigenvalue weighted by Crippen LogP contribution is 2.18. The average Bonchev–Trinajstić information content (AvgIpc) is 2.66. The van der Waals surface area contributed by atoms with Crippen LogP contribution in [0.5, 0.6) is 0 Å². The second-order valence-corrected chi connectivity index (χ2v) is 5.92. The Morgan fingerprint density at radius 3 is 1.40 bits per heavy atom. The summed E-state index contributed by atoms with van der Waals surface area (Å²) in [6.07, 6.45) is 2.64. The molecule has 0 aromatic rings. The Kier molecular flexibility index (Phi) is 13.8. The first-order valence-corrected chi connectivity index (χ1v) is 7.73. The van der Waals surface area contributed by atoms with Crippen molar-refractivity contribution in [3.05, 3.63) is 25.3 Å². The van der Waals surface area contributed by atoms with Crippen molar-refractivity contribution in [2.75, 3.05) is 39.6 Å². The third-order valence-electron chi connectivity index (χ3n) is 3.60. The summed E-state index contributed by atoms with van der Waals surface area (Å²) in [6.45, 7) is 9.07. The van der Waals surface area contributed by atoms with Gasteiger partial charge in [-0.3, -0.25) is 0 Å². The Balaban J connectivity index is 0. The zero-order valence-corrected chi connectivity index (χ0v) is 14.9. The van der Waals surface area contributed by atoms with E-state index in [1.165, 1.54) is 0 Å². The van der Waals surface area contributed by atoms with Crippen molar-refractivity contribution in [2.45, 2.75) is 20.3 Å². The molecule has 25 heavy (non-hydrogen) atoms. The standard InChI is InChI=1S/C11H16O5.C6H14O3/c1-4-9(13)15-7-11(3,6-12)8-16-10(14)5-2;1-2-6(3-7,4-8)5-9/h4-5,12H,1-2,6-8H2,3H3;7-9H,2-5H2,1H3. The van der Waals surface area contributed by atoms with E-state index in [1.807, 2.05) is 6.92 Å². The maximum atomic E-state index is 10.8. The smallest absolute Gasteiger partial charge is 0.330 e. The van der Waals surface area contributed by atoms with Gasteiger partial charge in [0.25, 0.3) is 0 Å². The fourth-order valence-electron chi connectivity index (χ4n) is 1.23. The molecule has 8 nitrogen and oxygen atoms in total. The van der Waals surface area contributed by atoms with E-state index in [2.05, 4.69) is 13.2 Å². The second-order valence-electron chi connectivity index (χ2n) is 5.92. The lowest BCUT2D eigenvalue weighted by Gasteiger charge is -2.25. The summed E-state index contributed by atoms with van der Waals surface area (Å²) in [5.74, 6) is -1.18. The lowest BCUT2D eigenvalue weighted by molar-refractivity contribution is -0.149. The number of carbonyl (C=O) groups excluding carboxylic acids is 2. The molecule has 0 unspecified atom stereocenters. The number of ether oxygens (including phenoxy) is 2. The molecule has 0 aromatic carbocycles. The lowest BCUT2D eigenvalue weighted by atomic mass is 9.88. The van der Waals surface area contributed by atoms with Crippen LogP contribution in [-0.2, 0) is 19.1 Å². The number of aliphatic hydroxyl groups is 4. The van der Waals surface area contributed by atoms with Gasteiger partial charge in [-0.15, -0.1) is 0 Å². The largest absolute Gasteiger partial charge is 0.462 e. The van der Waals surface area contributed by atoms with Crippen molar-refractivity contribution < 1.29 is 39.5 Å². The zero-order chi connectivity index (χ0) is 19.9. The Hall–Kier alpha value is -1.74. The molecule has 0 radical (unpaired) electrons. The number of rotatable bonds is 11. The van der Waals surface area contributed by atoms with E-state index in [-0.39, 0.29) is 39.6 Å². The highest BCUT2D eigenvalue weighted by molar-refractivity contribution is 5.81. The summed E-state index contributed by atoms with van der Waals surface area (Å²) in [5, 5.41) is 35.1. The third kappa shape index (κ3) is 10.7. The fraction of sp³-hybridized carbons (Fsp3) is 0.647. The van der Waals surface area contributed by atoms with Gasteiger partial charge in [-0.1, -0.05) is 27.0 Å². The van der Waals surface area contributed by atoms with E-state index in [1.54, 1.807) is 6.92 Å². The molecular weight excluding hydrogens is 332 g/mol. The molecule has 0 saturated heterocycles. The number of aliphatic hydroxyl groups excluding tert-OH is 4. The first kappa shape index (κ1) is 25.5. The van der Waals surface area contributed by atoms with Crippen LogP contribution in [0.2, 0.25) is 0 Å². The van der Waals surface area contributed by atoms with Gasteiger partial charge in [-0.25, -0.2) is 9.59 Å². The first-order chi connectivity index (χ1) is 11.7. The molecule has 0 saturated carbocycles. The molecular formula is C17H30O8. The van der Waals surface area contributed by atoms with E-state index in [9.17, 15) is 9.59 Å². The van der Waals surface area contributed by atoms with Crippen LogP contribution in [0.4, 0.5) is 0 Å². The Labute approximate surface area is 148 Å². The van der Waals surface area contributed by atoms with Crippen LogP contribution in [-0.4, -0.2) is 72.0 Å². The van der Waals surface area contributed by atoms with Crippen molar-refractivity contribution in [1.82, 2.24) is 0 Å². The lowest BCUT2D eigenvalue weighted by Crippen LogP contribution is -2.34. The van der Waals surface area contributed by atoms with Crippen molar-refractivity contribution in [2.24, 2.45) is 10.8 Å². The van der Waals surface area contributed by atoms with Crippen molar-refractivity contribution in [1.29, 1.82) is 0 Å². The third-order valence-corrected chi connectivity index (χ3v) is 3.60. The van der Waals surface area contributed by atoms with Gasteiger partial charge < -0.3 is 29.9 Å². The highest BCUT2D eigenvalue weighted by atomic mass is 16.5. The maximum Gasteiger partial charge on any atom is 0.330 e. The molecule has 146 valence electrons. The highest BCUT2D eigenvalue weighted by Gasteiger charge is 2.27. The van der Waals surface area contributed by atoms with Gasteiger partial charge in [-0.05, 0) is 6.42 Å². The molecule has 0 fully saturated rings. The van der Waals surface area contributed by atoms with Crippen LogP contribution in [0.3, 0.4) is 0 Å². The van der Waals surface area contributed by atoms with Gasteiger partial charge in [-0.2, -0.15) is 0 Å². The van der Waals surface area contributed by atoms with E-state index in [0.717, 1.165) is 12.2 Å². The summed E-state index contributed by atoms with van der Waals surface area (Å²) in [4.78, 5) is 21.6. The number of hydrogen-bond donors (Lipinski definition) is 4. The molecule has 0 atom stereocenters. The first-order valence-electron chi connectivity index (χ1n) is 7.73. The summed E-state index contributed by atoms with van der Waals surface area (Å²) >= 11 is 0. The Morgan fingerprint density at radius 2 is 1.24 bits per heavy atom. The van der Waals surface area contributed by atoms with E-state index < -0.39 is 22.8 Å². The predicted molar refractivity (Wildman–Crippen MR) is 91.5 cm³/mol. The fourth-order valence-corrected chi connectivity index (χ4v) is 1.23. The molecule has 0 heterocycles. The predicted octanol–water partition coefficient (Wildman–Crippen LogP) is -0.197. The van der Waals surface area contributed by atoms with Crippen LogP contribution >= 0.6 is 0 Å². The van der Waals surface area contributed by atoms with E-state index >= 15 is 0 Å². The molecule has 0 spiro atoms. The minimum Gasteiger partial charge on any atom is -0.462 e. The molecule has 0 aliphatic heterocycles. The zero-order valence-electron chi connectivity index (χ0n) is 14.9. The molecule has 8 heteroatoms. The quantitative estimate of drug-likeness (QED) is 0.293. The van der Waals surface area contributed by atoms with Crippen molar-refractivity contribution in [3.63, 3.8) is 0 Å². The SMILES string of the molecule is C=CC(=O)OCC(C)(CO)COC(=O)C=C.CCC(CO)(CO)CO. The molecule has 0 rings (SSSR count). The van der Waals surface area contributed by atoms with Gasteiger partial charge >= 0.3 is 11.9 Å². The van der Waals surface area contributed by atoms with Crippen LogP contribution in [0.15, 0.2) is 25.3 Å². The molecule has 0 amide bonds. The molecule has 0 aliphatic rings. The Bertz CT molecular complexity index is 373. The average molecular weight is 362 g/mol.